The van der Waals surface area contributed by atoms with Crippen molar-refractivity contribution in [3.63, 3.8) is 0 Å². The highest BCUT2D eigenvalue weighted by Gasteiger charge is 2.22. The maximum absolute atomic E-state index is 5.33. The van der Waals surface area contributed by atoms with Crippen LogP contribution in [0.3, 0.4) is 0 Å². The van der Waals surface area contributed by atoms with E-state index in [2.05, 4.69) is 32.8 Å². The number of ether oxygens (including phenoxy) is 1. The number of aryl methyl sites for hydroxylation is 1. The molecule has 0 amide bonds. The Bertz CT molecular complexity index is 284. The second-order valence-corrected chi connectivity index (χ2v) is 4.13. The van der Waals surface area contributed by atoms with Crippen LogP contribution in [0.5, 0.6) is 5.88 Å². The lowest BCUT2D eigenvalue weighted by molar-refractivity contribution is 0.352. The van der Waals surface area contributed by atoms with Crippen LogP contribution in [0, 0.1) is 0 Å². The number of hydrogen-bond donors (Lipinski definition) is 0. The van der Waals surface area contributed by atoms with Gasteiger partial charge in [0.1, 0.15) is 0 Å². The first-order chi connectivity index (χ1) is 6.00. The number of nitrogens with zero attached hydrogens (tertiary/aromatic N) is 2. The minimum absolute atomic E-state index is 0.0960. The summed E-state index contributed by atoms with van der Waals surface area (Å²) in [4.78, 5) is 0. The van der Waals surface area contributed by atoms with Crippen molar-refractivity contribution < 1.29 is 4.74 Å². The second kappa shape index (κ2) is 3.40. The standard InChI is InChI=1S/C10H18N2O/c1-6-12-9(13-5)8(7-11-12)10(2,3)4/h7H,6H2,1-5H3. The smallest absolute Gasteiger partial charge is 0.215 e. The third-order valence-corrected chi connectivity index (χ3v) is 2.09. The molecule has 0 aliphatic carbocycles. The topological polar surface area (TPSA) is 27.1 Å². The van der Waals surface area contributed by atoms with Gasteiger partial charge in [-0.2, -0.15) is 5.10 Å². The van der Waals surface area contributed by atoms with Gasteiger partial charge in [-0.1, -0.05) is 20.8 Å². The molecular formula is C10H18N2O. The van der Waals surface area contributed by atoms with Gasteiger partial charge in [-0.25, -0.2) is 4.68 Å². The Morgan fingerprint density at radius 3 is 2.46 bits per heavy atom. The first kappa shape index (κ1) is 10.1. The van der Waals surface area contributed by atoms with Gasteiger partial charge in [0.25, 0.3) is 0 Å². The molecule has 3 nitrogen and oxygen atoms in total. The molecule has 0 fully saturated rings. The Kier molecular flexibility index (Phi) is 2.64. The van der Waals surface area contributed by atoms with E-state index in [9.17, 15) is 0 Å². The normalized spacial score (nSPS) is 11.8. The summed E-state index contributed by atoms with van der Waals surface area (Å²) in [7, 11) is 1.69. The molecule has 1 aromatic heterocycles. The summed E-state index contributed by atoms with van der Waals surface area (Å²) >= 11 is 0. The summed E-state index contributed by atoms with van der Waals surface area (Å²) in [5.41, 5.74) is 1.26. The molecule has 0 bridgehead atoms. The first-order valence-corrected chi connectivity index (χ1v) is 4.61. The van der Waals surface area contributed by atoms with E-state index >= 15 is 0 Å². The van der Waals surface area contributed by atoms with Gasteiger partial charge in [0, 0.05) is 12.1 Å². The minimum Gasteiger partial charge on any atom is -0.481 e. The molecule has 0 aliphatic rings. The van der Waals surface area contributed by atoms with Gasteiger partial charge >= 0.3 is 0 Å². The zero-order chi connectivity index (χ0) is 10.1. The van der Waals surface area contributed by atoms with Gasteiger partial charge in [0.2, 0.25) is 5.88 Å². The first-order valence-electron chi connectivity index (χ1n) is 4.61. The van der Waals surface area contributed by atoms with Crippen molar-refractivity contribution in [1.82, 2.24) is 9.78 Å². The van der Waals surface area contributed by atoms with E-state index in [4.69, 9.17) is 4.74 Å². The third kappa shape index (κ3) is 1.85. The Balaban J connectivity index is 3.16. The quantitative estimate of drug-likeness (QED) is 0.701. The van der Waals surface area contributed by atoms with Gasteiger partial charge < -0.3 is 4.74 Å². The van der Waals surface area contributed by atoms with Crippen LogP contribution in [0.2, 0.25) is 0 Å². The van der Waals surface area contributed by atoms with Gasteiger partial charge in [-0.15, -0.1) is 0 Å². The Morgan fingerprint density at radius 1 is 1.46 bits per heavy atom. The van der Waals surface area contributed by atoms with Gasteiger partial charge in [0.15, 0.2) is 0 Å². The van der Waals surface area contributed by atoms with Crippen molar-refractivity contribution in [3.8, 4) is 5.88 Å². The van der Waals surface area contributed by atoms with E-state index in [1.807, 2.05) is 10.9 Å². The molecule has 0 unspecified atom stereocenters. The molecule has 0 atom stereocenters. The number of aromatic nitrogens is 2. The fourth-order valence-electron chi connectivity index (χ4n) is 1.33. The maximum Gasteiger partial charge on any atom is 0.215 e. The summed E-state index contributed by atoms with van der Waals surface area (Å²) in [5, 5.41) is 4.26. The largest absolute Gasteiger partial charge is 0.481 e. The molecular weight excluding hydrogens is 164 g/mol. The van der Waals surface area contributed by atoms with E-state index in [0.29, 0.717) is 0 Å². The van der Waals surface area contributed by atoms with Crippen molar-refractivity contribution in [1.29, 1.82) is 0 Å². The lowest BCUT2D eigenvalue weighted by Crippen LogP contribution is -2.12. The fraction of sp³-hybridized carbons (Fsp3) is 0.700. The molecule has 0 saturated heterocycles. The summed E-state index contributed by atoms with van der Waals surface area (Å²) in [6, 6.07) is 0. The lowest BCUT2D eigenvalue weighted by Gasteiger charge is -2.18. The van der Waals surface area contributed by atoms with Crippen LogP contribution in [0.4, 0.5) is 0 Å². The number of rotatable bonds is 2. The van der Waals surface area contributed by atoms with Crippen LogP contribution < -0.4 is 4.74 Å². The van der Waals surface area contributed by atoms with E-state index in [1.54, 1.807) is 7.11 Å². The molecule has 3 heteroatoms. The SMILES string of the molecule is CCn1ncc(C(C)(C)C)c1OC. The van der Waals surface area contributed by atoms with Crippen molar-refractivity contribution in [2.75, 3.05) is 7.11 Å². The third-order valence-electron chi connectivity index (χ3n) is 2.09. The summed E-state index contributed by atoms with van der Waals surface area (Å²) in [6.07, 6.45) is 1.89. The summed E-state index contributed by atoms with van der Waals surface area (Å²) < 4.78 is 7.21. The molecule has 74 valence electrons. The lowest BCUT2D eigenvalue weighted by atomic mass is 9.89. The van der Waals surface area contributed by atoms with Gasteiger partial charge in [0.05, 0.1) is 13.3 Å². The average molecular weight is 182 g/mol. The molecule has 1 heterocycles. The molecule has 0 N–H and O–H groups in total. The van der Waals surface area contributed by atoms with E-state index in [1.165, 1.54) is 0 Å². The van der Waals surface area contributed by atoms with Gasteiger partial charge in [-0.05, 0) is 12.3 Å². The van der Waals surface area contributed by atoms with Crippen molar-refractivity contribution in [2.45, 2.75) is 39.7 Å². The highest BCUT2D eigenvalue weighted by Crippen LogP contribution is 2.30. The number of methoxy groups -OCH3 is 1. The average Bonchev–Trinajstić information content (AvgIpc) is 2.45. The molecule has 0 radical (unpaired) electrons. The predicted molar refractivity (Wildman–Crippen MR) is 53.2 cm³/mol. The van der Waals surface area contributed by atoms with Crippen molar-refractivity contribution >= 4 is 0 Å². The summed E-state index contributed by atoms with van der Waals surface area (Å²) in [6.45, 7) is 9.38. The Morgan fingerprint density at radius 2 is 2.08 bits per heavy atom. The van der Waals surface area contributed by atoms with Crippen LogP contribution in [-0.2, 0) is 12.0 Å². The van der Waals surface area contributed by atoms with Gasteiger partial charge in [-0.3, -0.25) is 0 Å². The van der Waals surface area contributed by atoms with Crippen LogP contribution in [0.25, 0.3) is 0 Å². The summed E-state index contributed by atoms with van der Waals surface area (Å²) in [5.74, 6) is 0.884. The zero-order valence-corrected chi connectivity index (χ0v) is 9.09. The monoisotopic (exact) mass is 182 g/mol. The fourth-order valence-corrected chi connectivity index (χ4v) is 1.33. The molecule has 1 rings (SSSR count). The second-order valence-electron chi connectivity index (χ2n) is 4.13. The van der Waals surface area contributed by atoms with E-state index in [-0.39, 0.29) is 5.41 Å². The highest BCUT2D eigenvalue weighted by molar-refractivity contribution is 5.30. The van der Waals surface area contributed by atoms with Crippen LogP contribution in [-0.4, -0.2) is 16.9 Å². The molecule has 0 aromatic carbocycles. The highest BCUT2D eigenvalue weighted by atomic mass is 16.5. The van der Waals surface area contributed by atoms with Crippen molar-refractivity contribution in [3.05, 3.63) is 11.8 Å². The molecule has 0 saturated carbocycles. The zero-order valence-electron chi connectivity index (χ0n) is 9.09. The molecule has 0 aliphatic heterocycles. The van der Waals surface area contributed by atoms with E-state index in [0.717, 1.165) is 18.0 Å². The Hall–Kier alpha value is -0.990. The number of hydrogen-bond acceptors (Lipinski definition) is 2. The van der Waals surface area contributed by atoms with Crippen LogP contribution in [0.15, 0.2) is 6.20 Å². The Labute approximate surface area is 79.7 Å². The predicted octanol–water partition coefficient (Wildman–Crippen LogP) is 2.21. The maximum atomic E-state index is 5.33. The van der Waals surface area contributed by atoms with Crippen LogP contribution >= 0.6 is 0 Å². The van der Waals surface area contributed by atoms with E-state index < -0.39 is 0 Å². The molecule has 0 spiro atoms. The minimum atomic E-state index is 0.0960. The van der Waals surface area contributed by atoms with Crippen molar-refractivity contribution in [2.24, 2.45) is 0 Å². The van der Waals surface area contributed by atoms with Crippen LogP contribution in [0.1, 0.15) is 33.3 Å². The molecule has 13 heavy (non-hydrogen) atoms. The molecule has 1 aromatic rings.